The second-order valence-corrected chi connectivity index (χ2v) is 11.8. The van der Waals surface area contributed by atoms with E-state index in [9.17, 15) is 13.9 Å². The van der Waals surface area contributed by atoms with Crippen LogP contribution in [0.4, 0.5) is 5.82 Å². The van der Waals surface area contributed by atoms with Crippen LogP contribution < -0.4 is 10.1 Å². The summed E-state index contributed by atoms with van der Waals surface area (Å²) in [6.07, 6.45) is 6.89. The first-order valence-corrected chi connectivity index (χ1v) is 14.1. The van der Waals surface area contributed by atoms with Crippen LogP contribution in [0.5, 0.6) is 5.75 Å². The second kappa shape index (κ2) is 10.8. The smallest absolute Gasteiger partial charge is 0.236 e. The Morgan fingerprint density at radius 2 is 1.69 bits per heavy atom. The predicted molar refractivity (Wildman–Crippen MR) is 143 cm³/mol. The molecule has 3 aromatic rings. The van der Waals surface area contributed by atoms with E-state index in [2.05, 4.69) is 5.32 Å². The fourth-order valence-corrected chi connectivity index (χ4v) is 5.39. The Labute approximate surface area is 209 Å². The Morgan fingerprint density at radius 3 is 2.31 bits per heavy atom. The number of nitrogens with zero attached hydrogens (tertiary/aromatic N) is 1. The van der Waals surface area contributed by atoms with E-state index < -0.39 is 16.0 Å². The maximum absolute atomic E-state index is 13.7. The van der Waals surface area contributed by atoms with Crippen molar-refractivity contribution < 1.29 is 18.6 Å². The monoisotopic (exact) mass is 494 g/mol. The topological polar surface area (TPSA) is 91.7 Å². The molecule has 6 nitrogen and oxygen atoms in total. The summed E-state index contributed by atoms with van der Waals surface area (Å²) in [7, 11) is -0.855. The average Bonchev–Trinajstić information content (AvgIpc) is 2.88. The summed E-state index contributed by atoms with van der Waals surface area (Å²) in [5.74, 6) is 1.65. The third-order valence-electron chi connectivity index (χ3n) is 6.80. The highest BCUT2D eigenvalue weighted by Crippen LogP contribution is 2.41. The van der Waals surface area contributed by atoms with Crippen molar-refractivity contribution >= 4 is 22.3 Å². The molecule has 1 heterocycles. The summed E-state index contributed by atoms with van der Waals surface area (Å²) >= 11 is 0. The normalized spacial score (nSPS) is 15.9. The number of benzene rings is 2. The molecule has 1 saturated carbocycles. The summed E-state index contributed by atoms with van der Waals surface area (Å²) in [5.41, 5.74) is 3.20. The molecule has 0 aliphatic heterocycles. The molecule has 0 atom stereocenters. The van der Waals surface area contributed by atoms with Crippen molar-refractivity contribution in [3.63, 3.8) is 0 Å². The fraction of sp³-hybridized carbons (Fsp3) is 0.357. The van der Waals surface area contributed by atoms with Crippen LogP contribution in [0.1, 0.15) is 43.2 Å². The molecule has 3 N–H and O–H groups in total. The van der Waals surface area contributed by atoms with E-state index in [1.165, 1.54) is 6.26 Å². The van der Waals surface area contributed by atoms with Gasteiger partial charge in [0.15, 0.2) is 0 Å². The number of aromatic nitrogens is 1. The number of carbonyl (C=O) groups is 1. The van der Waals surface area contributed by atoms with Gasteiger partial charge in [0.2, 0.25) is 5.91 Å². The van der Waals surface area contributed by atoms with E-state index >= 15 is 0 Å². The number of methoxy groups -OCH3 is 1. The molecular formula is C28H34N2O4S. The number of ether oxygens (including phenoxy) is 1. The number of aryl methyl sites for hydroxylation is 1. The molecule has 0 saturated heterocycles. The van der Waals surface area contributed by atoms with Gasteiger partial charge in [0.1, 0.15) is 11.6 Å². The van der Waals surface area contributed by atoms with Crippen LogP contribution in [0.25, 0.3) is 11.3 Å². The third-order valence-corrected chi connectivity index (χ3v) is 7.78. The van der Waals surface area contributed by atoms with Crippen LogP contribution in [-0.4, -0.2) is 39.1 Å². The Balaban J connectivity index is 1.52. The highest BCUT2D eigenvalue weighted by atomic mass is 32.3. The number of hydrogen-bond donors (Lipinski definition) is 3. The Hall–Kier alpha value is -2.87. The predicted octanol–water partition coefficient (Wildman–Crippen LogP) is 6.52. The van der Waals surface area contributed by atoms with E-state index in [0.717, 1.165) is 60.2 Å². The second-order valence-electron chi connectivity index (χ2n) is 9.38. The summed E-state index contributed by atoms with van der Waals surface area (Å²) in [6.45, 7) is 0. The van der Waals surface area contributed by atoms with E-state index in [0.29, 0.717) is 18.0 Å². The molecule has 1 fully saturated rings. The summed E-state index contributed by atoms with van der Waals surface area (Å²) < 4.78 is 24.5. The van der Waals surface area contributed by atoms with Crippen LogP contribution >= 0.6 is 10.6 Å². The Kier molecular flexibility index (Phi) is 7.79. The number of anilines is 1. The Bertz CT molecular complexity index is 1130. The maximum Gasteiger partial charge on any atom is 0.236 e. The molecule has 1 aromatic heterocycles. The van der Waals surface area contributed by atoms with Crippen molar-refractivity contribution in [3.8, 4) is 17.0 Å². The Morgan fingerprint density at radius 1 is 1.00 bits per heavy atom. The third kappa shape index (κ3) is 6.23. The average molecular weight is 495 g/mol. The van der Waals surface area contributed by atoms with Crippen molar-refractivity contribution in [2.45, 2.75) is 43.9 Å². The molecule has 0 bridgehead atoms. The van der Waals surface area contributed by atoms with Crippen LogP contribution in [0.15, 0.2) is 66.7 Å². The molecule has 1 aliphatic rings. The first-order valence-electron chi connectivity index (χ1n) is 12.0. The van der Waals surface area contributed by atoms with Crippen molar-refractivity contribution in [1.82, 2.24) is 4.98 Å². The maximum atomic E-state index is 13.7. The molecule has 0 unspecified atom stereocenters. The van der Waals surface area contributed by atoms with E-state index in [4.69, 9.17) is 9.72 Å². The van der Waals surface area contributed by atoms with Gasteiger partial charge in [-0.1, -0.05) is 61.7 Å². The molecule has 2 aromatic carbocycles. The molecule has 1 amide bonds. The van der Waals surface area contributed by atoms with Gasteiger partial charge >= 0.3 is 0 Å². The zero-order valence-electron chi connectivity index (χ0n) is 20.4. The van der Waals surface area contributed by atoms with Crippen LogP contribution in [0.3, 0.4) is 0 Å². The summed E-state index contributed by atoms with van der Waals surface area (Å²) in [5, 5.41) is 3.10. The summed E-state index contributed by atoms with van der Waals surface area (Å²) in [4.78, 5) is 18.4. The SMILES string of the molecule is COc1ccc(C2(C(=O)Nc3cccc(-c4ccc(CCS(C)(O)O)cc4)n3)CCCCC2)cc1. The lowest BCUT2D eigenvalue weighted by molar-refractivity contribution is -0.122. The minimum Gasteiger partial charge on any atom is -0.497 e. The number of hydrogen-bond acceptors (Lipinski definition) is 5. The van der Waals surface area contributed by atoms with Gasteiger partial charge in [-0.05, 0) is 54.7 Å². The van der Waals surface area contributed by atoms with Crippen molar-refractivity contribution in [3.05, 3.63) is 77.9 Å². The first-order chi connectivity index (χ1) is 16.8. The largest absolute Gasteiger partial charge is 0.497 e. The molecule has 7 heteroatoms. The molecule has 4 rings (SSSR count). The molecule has 35 heavy (non-hydrogen) atoms. The van der Waals surface area contributed by atoms with Crippen LogP contribution in [-0.2, 0) is 16.6 Å². The highest BCUT2D eigenvalue weighted by Gasteiger charge is 2.41. The number of pyridine rings is 1. The van der Waals surface area contributed by atoms with Gasteiger partial charge in [0.05, 0.1) is 18.2 Å². The van der Waals surface area contributed by atoms with Crippen LogP contribution in [0.2, 0.25) is 0 Å². The molecule has 0 spiro atoms. The highest BCUT2D eigenvalue weighted by molar-refractivity contribution is 8.23. The molecule has 1 aliphatic carbocycles. The summed E-state index contributed by atoms with van der Waals surface area (Å²) in [6, 6.07) is 21.4. The number of amides is 1. The lowest BCUT2D eigenvalue weighted by Gasteiger charge is -2.36. The minimum absolute atomic E-state index is 0.0130. The van der Waals surface area contributed by atoms with Gasteiger partial charge in [-0.15, -0.1) is 0 Å². The molecular weight excluding hydrogens is 460 g/mol. The van der Waals surface area contributed by atoms with Crippen molar-refractivity contribution in [1.29, 1.82) is 0 Å². The zero-order valence-corrected chi connectivity index (χ0v) is 21.2. The van der Waals surface area contributed by atoms with E-state index in [1.54, 1.807) is 7.11 Å². The van der Waals surface area contributed by atoms with E-state index in [-0.39, 0.29) is 5.91 Å². The first kappa shape index (κ1) is 25.2. The lowest BCUT2D eigenvalue weighted by Crippen LogP contribution is -2.42. The van der Waals surface area contributed by atoms with Gasteiger partial charge in [0.25, 0.3) is 0 Å². The van der Waals surface area contributed by atoms with Crippen molar-refractivity contribution in [2.75, 3.05) is 24.4 Å². The van der Waals surface area contributed by atoms with Gasteiger partial charge in [0, 0.05) is 17.6 Å². The quantitative estimate of drug-likeness (QED) is 0.332. The lowest BCUT2D eigenvalue weighted by atomic mass is 9.68. The molecule has 0 radical (unpaired) electrons. The van der Waals surface area contributed by atoms with E-state index in [1.807, 2.05) is 66.7 Å². The molecule has 186 valence electrons. The number of rotatable bonds is 8. The van der Waals surface area contributed by atoms with Gasteiger partial charge in [-0.2, -0.15) is 10.6 Å². The van der Waals surface area contributed by atoms with Crippen molar-refractivity contribution in [2.24, 2.45) is 0 Å². The number of nitrogens with one attached hydrogen (secondary N) is 1. The van der Waals surface area contributed by atoms with Gasteiger partial charge in [-0.3, -0.25) is 13.9 Å². The number of carbonyl (C=O) groups excluding carboxylic acids is 1. The zero-order chi connectivity index (χ0) is 24.9. The minimum atomic E-state index is -2.50. The van der Waals surface area contributed by atoms with Crippen LogP contribution in [0, 0.1) is 0 Å². The fourth-order valence-electron chi connectivity index (χ4n) is 4.77. The standard InChI is InChI=1S/C28H34N2O4S/c1-34-24-15-13-23(14-16-24)28(18-4-3-5-19-28)27(31)30-26-8-6-7-25(29-26)22-11-9-21(10-12-22)17-20-35(2,32)33/h6-16,32-33H,3-5,17-20H2,1-2H3,(H,29,30,31). The van der Waals surface area contributed by atoms with Gasteiger partial charge < -0.3 is 10.1 Å². The van der Waals surface area contributed by atoms with Gasteiger partial charge in [-0.25, -0.2) is 4.98 Å².